The van der Waals surface area contributed by atoms with Crippen LogP contribution in [0.5, 0.6) is 0 Å². The quantitative estimate of drug-likeness (QED) is 0.0989. The molecule has 0 bridgehead atoms. The Morgan fingerprint density at radius 2 is 1.21 bits per heavy atom. The highest BCUT2D eigenvalue weighted by atomic mass is 32.3. The van der Waals surface area contributed by atoms with Crippen LogP contribution in [0.4, 0.5) is 3.89 Å². The largest absolute Gasteiger partial charge is 0.481 e. The lowest BCUT2D eigenvalue weighted by atomic mass is 10.2. The molecule has 0 heterocycles. The molecule has 0 saturated heterocycles. The number of aliphatic carboxylic acids is 2. The summed E-state index contributed by atoms with van der Waals surface area (Å²) in [6.07, 6.45) is 3.66. The molecule has 0 spiro atoms. The molecule has 10 N–H and O–H groups in total. The fourth-order valence-corrected chi connectivity index (χ4v) is 8.38. The zero-order valence-electron chi connectivity index (χ0n) is 32.9. The van der Waals surface area contributed by atoms with E-state index in [2.05, 4.69) is 27.0 Å². The van der Waals surface area contributed by atoms with Crippen LogP contribution in [0.25, 0.3) is 0 Å². The van der Waals surface area contributed by atoms with Gasteiger partial charge in [0.25, 0.3) is 5.91 Å². The van der Waals surface area contributed by atoms with Crippen molar-refractivity contribution < 1.29 is 42.9 Å². The molecule has 0 aromatic heterocycles. The topological polar surface area (TPSA) is 243 Å². The molecule has 0 aliphatic heterocycles. The highest BCUT2D eigenvalue weighted by molar-refractivity contribution is 8.31. The number of carbonyl (C=O) groups is 6. The number of hydrogen-bond donors (Lipinski definition) is 8. The molecule has 1 atom stereocenters. The predicted molar refractivity (Wildman–Crippen MR) is 207 cm³/mol. The van der Waals surface area contributed by atoms with Gasteiger partial charge in [-0.25, -0.2) is 0 Å². The molecule has 0 saturated carbocycles. The molecule has 52 heavy (non-hydrogen) atoms. The van der Waals surface area contributed by atoms with Crippen molar-refractivity contribution in [2.24, 2.45) is 11.5 Å². The summed E-state index contributed by atoms with van der Waals surface area (Å²) in [5, 5.41) is 27.1. The maximum Gasteiger partial charge on any atom is 0.322 e. The molecular formula is C36H67FN6O8S. The van der Waals surface area contributed by atoms with E-state index in [1.807, 2.05) is 62.3 Å². The fraction of sp³-hybridized carbons (Fsp3) is 0.667. The monoisotopic (exact) mass is 762 g/mol. The van der Waals surface area contributed by atoms with Gasteiger partial charge in [-0.2, -0.15) is 3.89 Å². The number of benzene rings is 1. The number of rotatable bonds is 18. The molecule has 0 radical (unpaired) electrons. The van der Waals surface area contributed by atoms with Gasteiger partial charge in [0.1, 0.15) is 12.6 Å². The summed E-state index contributed by atoms with van der Waals surface area (Å²) < 4.78 is 15.1. The van der Waals surface area contributed by atoms with Crippen molar-refractivity contribution in [3.8, 4) is 0 Å². The molecule has 1 aromatic carbocycles. The van der Waals surface area contributed by atoms with Crippen molar-refractivity contribution in [3.63, 3.8) is 0 Å². The van der Waals surface area contributed by atoms with E-state index in [4.69, 9.17) is 15.9 Å². The molecule has 14 nitrogen and oxygen atoms in total. The van der Waals surface area contributed by atoms with Crippen molar-refractivity contribution in [3.05, 3.63) is 29.8 Å². The third-order valence-corrected chi connectivity index (χ3v) is 11.3. The lowest BCUT2D eigenvalue weighted by Crippen LogP contribution is -2.51. The third kappa shape index (κ3) is 20.9. The van der Waals surface area contributed by atoms with Gasteiger partial charge in [-0.3, -0.25) is 28.8 Å². The molecule has 16 heteroatoms. The molecular weight excluding hydrogens is 695 g/mol. The summed E-state index contributed by atoms with van der Waals surface area (Å²) in [5.74, 6) is -3.53. The van der Waals surface area contributed by atoms with Crippen LogP contribution in [0.2, 0.25) is 0 Å². The summed E-state index contributed by atoms with van der Waals surface area (Å²) >= 11 is 0. The number of unbranched alkanes of at least 4 members (excludes halogenated alkanes) is 2. The Labute approximate surface area is 311 Å². The highest BCUT2D eigenvalue weighted by Crippen LogP contribution is 2.73. The summed E-state index contributed by atoms with van der Waals surface area (Å²) in [4.78, 5) is 68.4. The Balaban J connectivity index is -0.000000905. The van der Waals surface area contributed by atoms with Gasteiger partial charge in [-0.05, 0) is 92.1 Å². The number of hydrogen-bond acceptors (Lipinski definition) is 8. The number of carboxylic acids is 2. The maximum atomic E-state index is 16.3. The van der Waals surface area contributed by atoms with Crippen LogP contribution in [0.3, 0.4) is 0 Å². The first-order chi connectivity index (χ1) is 24.2. The Hall–Kier alpha value is -3.76. The fourth-order valence-electron chi connectivity index (χ4n) is 4.62. The summed E-state index contributed by atoms with van der Waals surface area (Å²) in [7, 11) is -1.22. The van der Waals surface area contributed by atoms with Crippen LogP contribution in [0.15, 0.2) is 29.2 Å². The normalized spacial score (nSPS) is 11.7. The number of carbonyl (C=O) groups excluding carboxylic acids is 4. The first-order valence-corrected chi connectivity index (χ1v) is 19.2. The Bertz CT molecular complexity index is 1210. The molecule has 0 aliphatic carbocycles. The lowest BCUT2D eigenvalue weighted by Gasteiger charge is -2.52. The number of halogens is 1. The molecule has 4 amide bonds. The predicted octanol–water partition coefficient (Wildman–Crippen LogP) is 4.24. The Kier molecular flexibility index (Phi) is 28.2. The van der Waals surface area contributed by atoms with Crippen LogP contribution in [-0.4, -0.2) is 94.5 Å². The van der Waals surface area contributed by atoms with Gasteiger partial charge in [0, 0.05) is 58.8 Å². The van der Waals surface area contributed by atoms with Crippen molar-refractivity contribution in [2.75, 3.05) is 33.2 Å². The maximum absolute atomic E-state index is 16.3. The standard InChI is InChI=1S/C20H32FN3O4S.C13H24N2O4.C2H6.CH5N/c1-19(2,3)29(21,20(4,5)6)14-9-7-13(8-10-14)17(27)24-15(11-22)18(28)23-12-16(25)26;1-2-3-9-14-11(16)7-8-12(17)15-10-5-4-6-13(18)19;2*1-2/h7-10,15H,11-12,22H2,1-6H3,(H,23,28)(H,24,27)(H,25,26);2-10H2,1H3,(H,14,16)(H,15,17)(H,18,19);1-2H3;2H2,1H3. The smallest absolute Gasteiger partial charge is 0.322 e. The number of carboxylic acid groups (broad SMARTS) is 2. The van der Waals surface area contributed by atoms with Crippen LogP contribution < -0.4 is 32.7 Å². The van der Waals surface area contributed by atoms with Gasteiger partial charge >= 0.3 is 11.9 Å². The summed E-state index contributed by atoms with van der Waals surface area (Å²) in [5.41, 5.74) is 10.3. The molecule has 0 fully saturated rings. The van der Waals surface area contributed by atoms with E-state index < -0.39 is 56.2 Å². The molecule has 302 valence electrons. The van der Waals surface area contributed by atoms with Gasteiger partial charge in [0.2, 0.25) is 17.7 Å². The minimum atomic E-state index is -2.72. The van der Waals surface area contributed by atoms with Crippen molar-refractivity contribution in [2.45, 2.75) is 128 Å². The average molecular weight is 763 g/mol. The van der Waals surface area contributed by atoms with E-state index in [1.165, 1.54) is 19.2 Å². The number of nitrogens with two attached hydrogens (primary N) is 2. The Morgan fingerprint density at radius 1 is 0.750 bits per heavy atom. The van der Waals surface area contributed by atoms with E-state index in [0.717, 1.165) is 12.8 Å². The van der Waals surface area contributed by atoms with Gasteiger partial charge in [-0.1, -0.05) is 37.6 Å². The van der Waals surface area contributed by atoms with E-state index in [9.17, 15) is 28.8 Å². The summed E-state index contributed by atoms with van der Waals surface area (Å²) in [6.45, 7) is 17.6. The molecule has 1 rings (SSSR count). The zero-order valence-corrected chi connectivity index (χ0v) is 33.8. The summed E-state index contributed by atoms with van der Waals surface area (Å²) in [6, 6.07) is 5.20. The lowest BCUT2D eigenvalue weighted by molar-refractivity contribution is -0.138. The van der Waals surface area contributed by atoms with Crippen LogP contribution in [0, 0.1) is 0 Å². The van der Waals surface area contributed by atoms with E-state index in [1.54, 1.807) is 12.1 Å². The second-order valence-electron chi connectivity index (χ2n) is 13.1. The first-order valence-electron chi connectivity index (χ1n) is 17.7. The molecule has 1 aromatic rings. The molecule has 0 aliphatic rings. The van der Waals surface area contributed by atoms with Crippen LogP contribution in [-0.2, 0) is 24.0 Å². The minimum absolute atomic E-state index is 0.102. The van der Waals surface area contributed by atoms with E-state index >= 15 is 3.89 Å². The van der Waals surface area contributed by atoms with Gasteiger partial charge in [0.05, 0.1) is 0 Å². The van der Waals surface area contributed by atoms with Gasteiger partial charge < -0.3 is 42.9 Å². The zero-order chi connectivity index (χ0) is 41.1. The van der Waals surface area contributed by atoms with Gasteiger partial charge in [0.15, 0.2) is 0 Å². The van der Waals surface area contributed by atoms with Crippen molar-refractivity contribution in [1.29, 1.82) is 0 Å². The van der Waals surface area contributed by atoms with Gasteiger partial charge in [-0.15, -0.1) is 0 Å². The highest BCUT2D eigenvalue weighted by Gasteiger charge is 2.48. The van der Waals surface area contributed by atoms with E-state index in [-0.39, 0.29) is 43.2 Å². The number of nitrogens with one attached hydrogen (secondary N) is 4. The Morgan fingerprint density at radius 3 is 1.60 bits per heavy atom. The first kappa shape index (κ1) is 52.6. The number of amides is 4. The van der Waals surface area contributed by atoms with Crippen molar-refractivity contribution >= 4 is 46.0 Å². The van der Waals surface area contributed by atoms with E-state index in [0.29, 0.717) is 30.8 Å². The SMILES string of the molecule is CC.CC(C)(C)S(F)(c1ccc(C(=O)NC(CN)C(=O)NCC(=O)O)cc1)C(C)(C)C.CCCCNC(=O)CCC(=O)NCCCCC(=O)O.CN. The molecule has 1 unspecified atom stereocenters. The average Bonchev–Trinajstić information content (AvgIpc) is 3.09. The second-order valence-corrected chi connectivity index (χ2v) is 17.1. The van der Waals surface area contributed by atoms with Crippen LogP contribution in [0.1, 0.15) is 118 Å². The minimum Gasteiger partial charge on any atom is -0.481 e. The third-order valence-electron chi connectivity index (χ3n) is 6.97. The second kappa shape index (κ2) is 27.8. The van der Waals surface area contributed by atoms with Crippen LogP contribution >= 0.6 is 10.4 Å². The van der Waals surface area contributed by atoms with Crippen molar-refractivity contribution in [1.82, 2.24) is 21.3 Å².